The lowest BCUT2D eigenvalue weighted by atomic mass is 9.92. The number of hydrogen-bond donors (Lipinski definition) is 2. The lowest BCUT2D eigenvalue weighted by molar-refractivity contribution is -0.147. The largest absolute Gasteiger partial charge is 0.389 e. The Labute approximate surface area is 187 Å². The average molecular weight is 473 g/mol. The molecule has 1 aromatic carbocycles. The zero-order chi connectivity index (χ0) is 22.0. The fourth-order valence-corrected chi connectivity index (χ4v) is 6.40. The molecule has 2 saturated heterocycles. The highest BCUT2D eigenvalue weighted by Crippen LogP contribution is 2.32. The topological polar surface area (TPSA) is 105 Å². The molecule has 2 N–H and O–H groups in total. The van der Waals surface area contributed by atoms with Crippen LogP contribution in [0.3, 0.4) is 0 Å². The normalized spacial score (nSPS) is 30.5. The Balaban J connectivity index is 1.49. The molecule has 0 radical (unpaired) electrons. The molecule has 4 atom stereocenters. The molecule has 2 heterocycles. The van der Waals surface area contributed by atoms with Crippen molar-refractivity contribution in [3.63, 3.8) is 0 Å². The van der Waals surface area contributed by atoms with Gasteiger partial charge in [0.1, 0.15) is 0 Å². The number of benzene rings is 1. The number of amides is 1. The molecule has 172 valence electrons. The molecule has 3 fully saturated rings. The second kappa shape index (κ2) is 9.72. The Morgan fingerprint density at radius 2 is 2.03 bits per heavy atom. The molecular formula is C21H29ClN2O6S. The minimum Gasteiger partial charge on any atom is -0.389 e. The lowest BCUT2D eigenvalue weighted by Gasteiger charge is -2.43. The fourth-order valence-electron chi connectivity index (χ4n) is 4.38. The monoisotopic (exact) mass is 472 g/mol. The fraction of sp³-hybridized carbons (Fsp3) is 0.667. The molecule has 8 nitrogen and oxygen atoms in total. The third-order valence-electron chi connectivity index (χ3n) is 6.22. The molecule has 1 aromatic rings. The number of sulfonamides is 1. The SMILES string of the molecule is O=C(C[C@H]1CC[C@H]2[C@@H](COC[C@@H](O)CN2S(=O)(=O)c2cccc(Cl)c2)O1)NC1CCC1. The number of aliphatic hydroxyl groups is 1. The summed E-state index contributed by atoms with van der Waals surface area (Å²) in [4.78, 5) is 12.4. The number of fused-ring (bicyclic) bond motifs is 1. The summed E-state index contributed by atoms with van der Waals surface area (Å²) >= 11 is 6.02. The number of ether oxygens (including phenoxy) is 2. The van der Waals surface area contributed by atoms with Crippen LogP contribution in [0.4, 0.5) is 0 Å². The van der Waals surface area contributed by atoms with Crippen molar-refractivity contribution in [3.05, 3.63) is 29.3 Å². The van der Waals surface area contributed by atoms with E-state index in [4.69, 9.17) is 21.1 Å². The third-order valence-corrected chi connectivity index (χ3v) is 8.34. The van der Waals surface area contributed by atoms with Crippen LogP contribution in [0.5, 0.6) is 0 Å². The van der Waals surface area contributed by atoms with Crippen LogP contribution in [-0.2, 0) is 24.3 Å². The second-order valence-corrected chi connectivity index (χ2v) is 10.9. The minimum absolute atomic E-state index is 0.0149. The number of β-amino-alcohol motifs (C(OH)–C–C–N with tert-alkyl or cyclic N) is 1. The van der Waals surface area contributed by atoms with Crippen molar-refractivity contribution in [1.82, 2.24) is 9.62 Å². The molecule has 1 saturated carbocycles. The molecule has 0 bridgehead atoms. The Kier molecular flexibility index (Phi) is 7.20. The first-order chi connectivity index (χ1) is 14.8. The van der Waals surface area contributed by atoms with E-state index in [2.05, 4.69) is 5.32 Å². The zero-order valence-corrected chi connectivity index (χ0v) is 18.9. The number of nitrogens with one attached hydrogen (secondary N) is 1. The van der Waals surface area contributed by atoms with Gasteiger partial charge >= 0.3 is 0 Å². The van der Waals surface area contributed by atoms with Crippen molar-refractivity contribution < 1.29 is 27.8 Å². The number of carbonyl (C=O) groups is 1. The van der Waals surface area contributed by atoms with Gasteiger partial charge in [-0.05, 0) is 50.3 Å². The maximum Gasteiger partial charge on any atom is 0.243 e. The summed E-state index contributed by atoms with van der Waals surface area (Å²) in [6.45, 7) is 0.0806. The minimum atomic E-state index is -3.91. The first-order valence-corrected chi connectivity index (χ1v) is 12.6. The Morgan fingerprint density at radius 3 is 2.74 bits per heavy atom. The number of aliphatic hydroxyl groups excluding tert-OH is 1. The van der Waals surface area contributed by atoms with Crippen LogP contribution in [0.2, 0.25) is 5.02 Å². The molecule has 0 spiro atoms. The van der Waals surface area contributed by atoms with E-state index >= 15 is 0 Å². The number of carbonyl (C=O) groups excluding carboxylic acids is 1. The van der Waals surface area contributed by atoms with Gasteiger partial charge in [0, 0.05) is 17.6 Å². The van der Waals surface area contributed by atoms with E-state index in [-0.39, 0.29) is 49.1 Å². The molecule has 0 unspecified atom stereocenters. The smallest absolute Gasteiger partial charge is 0.243 e. The average Bonchev–Trinajstić information content (AvgIpc) is 2.68. The van der Waals surface area contributed by atoms with E-state index in [0.29, 0.717) is 17.9 Å². The molecule has 0 aromatic heterocycles. The number of rotatable bonds is 5. The van der Waals surface area contributed by atoms with Crippen LogP contribution in [-0.4, -0.2) is 73.9 Å². The molecule has 2 aliphatic heterocycles. The van der Waals surface area contributed by atoms with Gasteiger partial charge in [0.05, 0.1) is 48.9 Å². The predicted molar refractivity (Wildman–Crippen MR) is 114 cm³/mol. The summed E-state index contributed by atoms with van der Waals surface area (Å²) < 4.78 is 39.9. The van der Waals surface area contributed by atoms with Crippen molar-refractivity contribution in [2.24, 2.45) is 0 Å². The summed E-state index contributed by atoms with van der Waals surface area (Å²) in [6.07, 6.45) is 2.77. The highest BCUT2D eigenvalue weighted by molar-refractivity contribution is 7.89. The van der Waals surface area contributed by atoms with Crippen LogP contribution < -0.4 is 5.32 Å². The van der Waals surface area contributed by atoms with Crippen LogP contribution in [0.15, 0.2) is 29.2 Å². The molecule has 1 aliphatic carbocycles. The molecular weight excluding hydrogens is 444 g/mol. The summed E-state index contributed by atoms with van der Waals surface area (Å²) in [5, 5.41) is 13.6. The zero-order valence-electron chi connectivity index (χ0n) is 17.3. The van der Waals surface area contributed by atoms with E-state index in [9.17, 15) is 18.3 Å². The van der Waals surface area contributed by atoms with E-state index in [1.54, 1.807) is 12.1 Å². The van der Waals surface area contributed by atoms with Crippen LogP contribution >= 0.6 is 11.6 Å². The second-order valence-electron chi connectivity index (χ2n) is 8.56. The van der Waals surface area contributed by atoms with Gasteiger partial charge in [-0.3, -0.25) is 4.79 Å². The van der Waals surface area contributed by atoms with E-state index < -0.39 is 28.3 Å². The Hall–Kier alpha value is -1.23. The van der Waals surface area contributed by atoms with E-state index in [1.165, 1.54) is 16.4 Å². The van der Waals surface area contributed by atoms with Gasteiger partial charge in [0.2, 0.25) is 15.9 Å². The molecule has 1 amide bonds. The summed E-state index contributed by atoms with van der Waals surface area (Å²) in [5.41, 5.74) is 0. The standard InChI is InChI=1S/C21H29ClN2O6S/c22-14-3-1-6-18(9-14)31(27,28)24-11-16(25)12-29-13-20-19(24)8-7-17(30-20)10-21(26)23-15-4-2-5-15/h1,3,6,9,15-17,19-20,25H,2,4-5,7-8,10-13H2,(H,23,26)/t16-,17+,19-,20+/m0/s1. The van der Waals surface area contributed by atoms with E-state index in [1.807, 2.05) is 0 Å². The van der Waals surface area contributed by atoms with Crippen LogP contribution in [0.1, 0.15) is 38.5 Å². The highest BCUT2D eigenvalue weighted by atomic mass is 35.5. The molecule has 3 aliphatic rings. The van der Waals surface area contributed by atoms with Crippen molar-refractivity contribution in [3.8, 4) is 0 Å². The summed E-state index contributed by atoms with van der Waals surface area (Å²) in [5.74, 6) is -0.0289. The first-order valence-electron chi connectivity index (χ1n) is 10.8. The number of halogens is 1. The third kappa shape index (κ3) is 5.40. The highest BCUT2D eigenvalue weighted by Gasteiger charge is 2.43. The van der Waals surface area contributed by atoms with Gasteiger partial charge in [-0.25, -0.2) is 8.42 Å². The van der Waals surface area contributed by atoms with Gasteiger partial charge in [-0.1, -0.05) is 17.7 Å². The van der Waals surface area contributed by atoms with Crippen molar-refractivity contribution >= 4 is 27.5 Å². The Bertz CT molecular complexity index is 894. The van der Waals surface area contributed by atoms with Gasteiger partial charge in [-0.2, -0.15) is 4.31 Å². The number of nitrogens with zero attached hydrogens (tertiary/aromatic N) is 1. The first kappa shape index (κ1) is 22.9. The maximum absolute atomic E-state index is 13.4. The van der Waals surface area contributed by atoms with Gasteiger partial charge < -0.3 is 19.9 Å². The van der Waals surface area contributed by atoms with Gasteiger partial charge in [-0.15, -0.1) is 0 Å². The predicted octanol–water partition coefficient (Wildman–Crippen LogP) is 1.70. The summed E-state index contributed by atoms with van der Waals surface area (Å²) in [7, 11) is -3.91. The molecule has 10 heteroatoms. The van der Waals surface area contributed by atoms with Crippen molar-refractivity contribution in [1.29, 1.82) is 0 Å². The Morgan fingerprint density at radius 1 is 1.23 bits per heavy atom. The van der Waals surface area contributed by atoms with Crippen LogP contribution in [0.25, 0.3) is 0 Å². The van der Waals surface area contributed by atoms with E-state index in [0.717, 1.165) is 19.3 Å². The van der Waals surface area contributed by atoms with Crippen LogP contribution in [0, 0.1) is 0 Å². The maximum atomic E-state index is 13.4. The number of hydrogen-bond acceptors (Lipinski definition) is 6. The van der Waals surface area contributed by atoms with Gasteiger partial charge in [0.15, 0.2) is 0 Å². The van der Waals surface area contributed by atoms with Crippen molar-refractivity contribution in [2.45, 2.75) is 73.8 Å². The quantitative estimate of drug-likeness (QED) is 0.675. The molecule has 4 rings (SSSR count). The lowest BCUT2D eigenvalue weighted by Crippen LogP contribution is -2.57. The van der Waals surface area contributed by atoms with Crippen molar-refractivity contribution in [2.75, 3.05) is 19.8 Å². The van der Waals surface area contributed by atoms with Gasteiger partial charge in [0.25, 0.3) is 0 Å². The summed E-state index contributed by atoms with van der Waals surface area (Å²) in [6, 6.07) is 5.88. The molecule has 31 heavy (non-hydrogen) atoms.